The summed E-state index contributed by atoms with van der Waals surface area (Å²) < 4.78 is 10.8. The number of carbonyl (C=O) groups excluding carboxylic acids is 1. The quantitative estimate of drug-likeness (QED) is 0.748. The van der Waals surface area contributed by atoms with Gasteiger partial charge in [0.05, 0.1) is 12.7 Å². The second-order valence-corrected chi connectivity index (χ2v) is 5.66. The van der Waals surface area contributed by atoms with E-state index in [2.05, 4.69) is 19.1 Å². The Morgan fingerprint density at radius 2 is 1.90 bits per heavy atom. The molecule has 118 valence electrons. The standard InChI is InChI=1S/C17H27NO3/c1-5-7-14-8-10-15(11-9-14)21-13(3)12-17(4,18)16(19)20-6-2/h8-11,13H,5-7,12,18H2,1-4H3. The Balaban J connectivity index is 2.56. The van der Waals surface area contributed by atoms with Crippen LogP contribution in [0.5, 0.6) is 5.75 Å². The lowest BCUT2D eigenvalue weighted by Crippen LogP contribution is -2.49. The number of rotatable bonds is 8. The van der Waals surface area contributed by atoms with Gasteiger partial charge in [0.15, 0.2) is 0 Å². The van der Waals surface area contributed by atoms with Crippen molar-refractivity contribution in [3.8, 4) is 5.75 Å². The molecule has 4 nitrogen and oxygen atoms in total. The van der Waals surface area contributed by atoms with E-state index in [0.717, 1.165) is 18.6 Å². The summed E-state index contributed by atoms with van der Waals surface area (Å²) in [4.78, 5) is 11.8. The molecule has 0 fully saturated rings. The maximum atomic E-state index is 11.8. The van der Waals surface area contributed by atoms with E-state index in [1.54, 1.807) is 13.8 Å². The van der Waals surface area contributed by atoms with Crippen molar-refractivity contribution >= 4 is 5.97 Å². The van der Waals surface area contributed by atoms with Gasteiger partial charge in [-0.2, -0.15) is 0 Å². The zero-order valence-electron chi connectivity index (χ0n) is 13.5. The molecule has 0 bridgehead atoms. The van der Waals surface area contributed by atoms with Crippen LogP contribution in [0.4, 0.5) is 0 Å². The molecule has 0 saturated heterocycles. The Hall–Kier alpha value is -1.55. The minimum Gasteiger partial charge on any atom is -0.491 e. The topological polar surface area (TPSA) is 61.5 Å². The Kier molecular flexibility index (Phi) is 6.69. The maximum absolute atomic E-state index is 11.8. The molecule has 2 atom stereocenters. The van der Waals surface area contributed by atoms with Gasteiger partial charge in [-0.3, -0.25) is 4.79 Å². The van der Waals surface area contributed by atoms with Crippen molar-refractivity contribution in [2.45, 2.75) is 58.6 Å². The van der Waals surface area contributed by atoms with Gasteiger partial charge in [-0.25, -0.2) is 0 Å². The van der Waals surface area contributed by atoms with Crippen molar-refractivity contribution in [1.29, 1.82) is 0 Å². The van der Waals surface area contributed by atoms with Gasteiger partial charge >= 0.3 is 5.97 Å². The first kappa shape index (κ1) is 17.5. The molecule has 0 heterocycles. The van der Waals surface area contributed by atoms with Crippen LogP contribution < -0.4 is 10.5 Å². The van der Waals surface area contributed by atoms with Crippen LogP contribution in [-0.2, 0) is 16.0 Å². The van der Waals surface area contributed by atoms with Crippen LogP contribution in [0.25, 0.3) is 0 Å². The summed E-state index contributed by atoms with van der Waals surface area (Å²) in [6.45, 7) is 7.84. The van der Waals surface area contributed by atoms with Crippen LogP contribution in [0.1, 0.15) is 46.1 Å². The van der Waals surface area contributed by atoms with Crippen molar-refractivity contribution in [3.63, 3.8) is 0 Å². The zero-order chi connectivity index (χ0) is 15.9. The highest BCUT2D eigenvalue weighted by Gasteiger charge is 2.32. The predicted octanol–water partition coefficient (Wildman–Crippen LogP) is 3.08. The molecule has 1 aromatic rings. The second kappa shape index (κ2) is 8.03. The molecule has 21 heavy (non-hydrogen) atoms. The number of carbonyl (C=O) groups is 1. The largest absolute Gasteiger partial charge is 0.491 e. The maximum Gasteiger partial charge on any atom is 0.325 e. The van der Waals surface area contributed by atoms with E-state index in [-0.39, 0.29) is 6.10 Å². The highest BCUT2D eigenvalue weighted by atomic mass is 16.5. The lowest BCUT2D eigenvalue weighted by Gasteiger charge is -2.26. The number of aryl methyl sites for hydroxylation is 1. The Labute approximate surface area is 127 Å². The van der Waals surface area contributed by atoms with E-state index in [1.165, 1.54) is 5.56 Å². The van der Waals surface area contributed by atoms with Gasteiger partial charge in [-0.15, -0.1) is 0 Å². The molecule has 0 spiro atoms. The fraction of sp³-hybridized carbons (Fsp3) is 0.588. The molecule has 1 aromatic carbocycles. The molecule has 0 aliphatic heterocycles. The minimum atomic E-state index is -1.03. The average molecular weight is 293 g/mol. The van der Waals surface area contributed by atoms with E-state index in [9.17, 15) is 4.79 Å². The predicted molar refractivity (Wildman–Crippen MR) is 84.4 cm³/mol. The van der Waals surface area contributed by atoms with E-state index >= 15 is 0 Å². The highest BCUT2D eigenvalue weighted by Crippen LogP contribution is 2.19. The number of esters is 1. The minimum absolute atomic E-state index is 0.165. The summed E-state index contributed by atoms with van der Waals surface area (Å²) in [7, 11) is 0. The van der Waals surface area contributed by atoms with E-state index < -0.39 is 11.5 Å². The van der Waals surface area contributed by atoms with Crippen LogP contribution in [0.2, 0.25) is 0 Å². The van der Waals surface area contributed by atoms with E-state index in [4.69, 9.17) is 15.2 Å². The molecule has 0 amide bonds. The summed E-state index contributed by atoms with van der Waals surface area (Å²) in [5, 5.41) is 0. The number of hydrogen-bond donors (Lipinski definition) is 1. The van der Waals surface area contributed by atoms with Crippen LogP contribution in [0.3, 0.4) is 0 Å². The smallest absolute Gasteiger partial charge is 0.325 e. The van der Waals surface area contributed by atoms with Crippen LogP contribution in [0.15, 0.2) is 24.3 Å². The number of hydrogen-bond acceptors (Lipinski definition) is 4. The Morgan fingerprint density at radius 1 is 1.29 bits per heavy atom. The van der Waals surface area contributed by atoms with Gasteiger partial charge < -0.3 is 15.2 Å². The molecular formula is C17H27NO3. The SMILES string of the molecule is CCCc1ccc(OC(C)CC(C)(N)C(=O)OCC)cc1. The zero-order valence-corrected chi connectivity index (χ0v) is 13.5. The third kappa shape index (κ3) is 5.76. The first-order chi connectivity index (χ1) is 9.89. The molecule has 4 heteroatoms. The van der Waals surface area contributed by atoms with Crippen molar-refractivity contribution in [2.24, 2.45) is 5.73 Å². The van der Waals surface area contributed by atoms with Gasteiger partial charge in [-0.1, -0.05) is 25.5 Å². The van der Waals surface area contributed by atoms with Crippen LogP contribution in [-0.4, -0.2) is 24.2 Å². The third-order valence-corrected chi connectivity index (χ3v) is 3.25. The molecule has 0 aliphatic rings. The lowest BCUT2D eigenvalue weighted by molar-refractivity contribution is -0.149. The number of nitrogens with two attached hydrogens (primary N) is 1. The molecule has 1 rings (SSSR count). The van der Waals surface area contributed by atoms with Gasteiger partial charge in [0.25, 0.3) is 0 Å². The molecule has 0 saturated carbocycles. The summed E-state index contributed by atoms with van der Waals surface area (Å²) >= 11 is 0. The fourth-order valence-electron chi connectivity index (χ4n) is 2.27. The lowest BCUT2D eigenvalue weighted by atomic mass is 9.96. The Bertz CT molecular complexity index is 440. The number of ether oxygens (including phenoxy) is 2. The van der Waals surface area contributed by atoms with Gasteiger partial charge in [0.1, 0.15) is 11.3 Å². The van der Waals surface area contributed by atoms with Crippen molar-refractivity contribution in [2.75, 3.05) is 6.61 Å². The molecule has 0 aliphatic carbocycles. The molecule has 2 unspecified atom stereocenters. The van der Waals surface area contributed by atoms with Crippen molar-refractivity contribution in [1.82, 2.24) is 0 Å². The fourth-order valence-corrected chi connectivity index (χ4v) is 2.27. The molecular weight excluding hydrogens is 266 g/mol. The normalized spacial score (nSPS) is 15.1. The summed E-state index contributed by atoms with van der Waals surface area (Å²) in [6.07, 6.45) is 2.44. The monoisotopic (exact) mass is 293 g/mol. The van der Waals surface area contributed by atoms with Gasteiger partial charge in [-0.05, 0) is 44.9 Å². The van der Waals surface area contributed by atoms with Crippen LogP contribution in [0, 0.1) is 0 Å². The Morgan fingerprint density at radius 3 is 2.43 bits per heavy atom. The van der Waals surface area contributed by atoms with Crippen LogP contribution >= 0.6 is 0 Å². The molecule has 0 aromatic heterocycles. The van der Waals surface area contributed by atoms with Crippen molar-refractivity contribution < 1.29 is 14.3 Å². The number of benzene rings is 1. The van der Waals surface area contributed by atoms with E-state index in [1.807, 2.05) is 19.1 Å². The second-order valence-electron chi connectivity index (χ2n) is 5.66. The molecule has 2 N–H and O–H groups in total. The first-order valence-electron chi connectivity index (χ1n) is 7.60. The van der Waals surface area contributed by atoms with Crippen molar-refractivity contribution in [3.05, 3.63) is 29.8 Å². The average Bonchev–Trinajstić information content (AvgIpc) is 2.41. The summed E-state index contributed by atoms with van der Waals surface area (Å²) in [5.74, 6) is 0.403. The van der Waals surface area contributed by atoms with Gasteiger partial charge in [0.2, 0.25) is 0 Å². The van der Waals surface area contributed by atoms with E-state index in [0.29, 0.717) is 13.0 Å². The summed E-state index contributed by atoms with van der Waals surface area (Å²) in [5.41, 5.74) is 6.28. The first-order valence-corrected chi connectivity index (χ1v) is 7.60. The highest BCUT2D eigenvalue weighted by molar-refractivity contribution is 5.80. The molecule has 0 radical (unpaired) electrons. The van der Waals surface area contributed by atoms with Gasteiger partial charge in [0, 0.05) is 6.42 Å². The third-order valence-electron chi connectivity index (χ3n) is 3.25. The summed E-state index contributed by atoms with van der Waals surface area (Å²) in [6, 6.07) is 8.05.